The average Bonchev–Trinajstić information content (AvgIpc) is 3.15. The van der Waals surface area contributed by atoms with E-state index >= 15 is 0 Å². The maximum absolute atomic E-state index is 5.67. The number of guanidine groups is 1. The number of aliphatic imine (C=N–C) groups is 1. The SMILES string of the molecule is CCNC(=NCC(C1CCOC1)N1CCOCC1)NC(C)CCC(C)(C)C. The Kier molecular flexibility index (Phi) is 9.33. The van der Waals surface area contributed by atoms with Crippen LogP contribution in [0.4, 0.5) is 0 Å². The lowest BCUT2D eigenvalue weighted by Crippen LogP contribution is -2.50. The van der Waals surface area contributed by atoms with Crippen LogP contribution in [0.2, 0.25) is 0 Å². The first kappa shape index (κ1) is 22.4. The van der Waals surface area contributed by atoms with Crippen LogP contribution >= 0.6 is 0 Å². The van der Waals surface area contributed by atoms with Crippen molar-refractivity contribution in [3.8, 4) is 0 Å². The number of nitrogens with one attached hydrogen (secondary N) is 2. The van der Waals surface area contributed by atoms with Crippen LogP contribution in [0.15, 0.2) is 4.99 Å². The molecule has 0 bridgehead atoms. The first-order valence-electron chi connectivity index (χ1n) is 10.8. The van der Waals surface area contributed by atoms with Gasteiger partial charge in [0.1, 0.15) is 0 Å². The summed E-state index contributed by atoms with van der Waals surface area (Å²) in [6.45, 7) is 18.4. The molecule has 0 aromatic heterocycles. The van der Waals surface area contributed by atoms with E-state index in [2.05, 4.69) is 50.2 Å². The van der Waals surface area contributed by atoms with Gasteiger partial charge in [-0.3, -0.25) is 9.89 Å². The van der Waals surface area contributed by atoms with E-state index < -0.39 is 0 Å². The minimum Gasteiger partial charge on any atom is -0.381 e. The summed E-state index contributed by atoms with van der Waals surface area (Å²) in [7, 11) is 0. The van der Waals surface area contributed by atoms with Crippen molar-refractivity contribution in [2.75, 3.05) is 52.6 Å². The van der Waals surface area contributed by atoms with Gasteiger partial charge in [0.2, 0.25) is 0 Å². The molecule has 2 heterocycles. The van der Waals surface area contributed by atoms with Gasteiger partial charge in [-0.2, -0.15) is 0 Å². The number of rotatable bonds is 8. The molecule has 2 aliphatic rings. The molecule has 2 N–H and O–H groups in total. The molecule has 0 radical (unpaired) electrons. The maximum atomic E-state index is 5.67. The Morgan fingerprint density at radius 2 is 1.93 bits per heavy atom. The van der Waals surface area contributed by atoms with Crippen LogP contribution in [-0.4, -0.2) is 75.5 Å². The predicted octanol–water partition coefficient (Wildman–Crippen LogP) is 2.49. The van der Waals surface area contributed by atoms with Gasteiger partial charge < -0.3 is 20.1 Å². The Labute approximate surface area is 166 Å². The molecule has 2 aliphatic heterocycles. The third-order valence-electron chi connectivity index (χ3n) is 5.51. The standard InChI is InChI=1S/C21H42N4O2/c1-6-22-20(24-17(2)7-9-21(3,4)5)23-15-19(18-8-12-27-16-18)25-10-13-26-14-11-25/h17-19H,6-16H2,1-5H3,(H2,22,23,24). The molecule has 6 nitrogen and oxygen atoms in total. The molecule has 3 atom stereocenters. The second kappa shape index (κ2) is 11.2. The van der Waals surface area contributed by atoms with Gasteiger partial charge in [-0.15, -0.1) is 0 Å². The van der Waals surface area contributed by atoms with E-state index in [9.17, 15) is 0 Å². The summed E-state index contributed by atoms with van der Waals surface area (Å²) in [6.07, 6.45) is 3.50. The molecule has 0 saturated carbocycles. The van der Waals surface area contributed by atoms with E-state index in [0.717, 1.165) is 71.4 Å². The number of hydrogen-bond acceptors (Lipinski definition) is 4. The summed E-state index contributed by atoms with van der Waals surface area (Å²) >= 11 is 0. The quantitative estimate of drug-likeness (QED) is 0.499. The summed E-state index contributed by atoms with van der Waals surface area (Å²) in [4.78, 5) is 7.53. The average molecular weight is 383 g/mol. The second-order valence-corrected chi connectivity index (χ2v) is 9.20. The first-order valence-corrected chi connectivity index (χ1v) is 10.8. The van der Waals surface area contributed by atoms with Gasteiger partial charge in [0.15, 0.2) is 5.96 Å². The Morgan fingerprint density at radius 3 is 2.52 bits per heavy atom. The van der Waals surface area contributed by atoms with Crippen LogP contribution in [0.25, 0.3) is 0 Å². The number of hydrogen-bond donors (Lipinski definition) is 2. The van der Waals surface area contributed by atoms with E-state index in [-0.39, 0.29) is 0 Å². The minimum atomic E-state index is 0.370. The lowest BCUT2D eigenvalue weighted by Gasteiger charge is -2.36. The highest BCUT2D eigenvalue weighted by atomic mass is 16.5. The van der Waals surface area contributed by atoms with Gasteiger partial charge >= 0.3 is 0 Å². The van der Waals surface area contributed by atoms with E-state index in [1.807, 2.05) is 0 Å². The molecule has 0 amide bonds. The highest BCUT2D eigenvalue weighted by molar-refractivity contribution is 5.80. The number of morpholine rings is 1. The van der Waals surface area contributed by atoms with E-state index in [1.165, 1.54) is 6.42 Å². The Balaban J connectivity index is 1.95. The lowest BCUT2D eigenvalue weighted by atomic mass is 9.89. The Bertz CT molecular complexity index is 438. The molecule has 2 saturated heterocycles. The molecule has 0 aromatic carbocycles. The van der Waals surface area contributed by atoms with Gasteiger partial charge in [0.05, 0.1) is 26.4 Å². The molecule has 2 fully saturated rings. The van der Waals surface area contributed by atoms with Crippen LogP contribution in [0, 0.1) is 11.3 Å². The normalized spacial score (nSPS) is 24.6. The third kappa shape index (κ3) is 8.36. The summed E-state index contributed by atoms with van der Waals surface area (Å²) in [5, 5.41) is 7.03. The smallest absolute Gasteiger partial charge is 0.191 e. The minimum absolute atomic E-state index is 0.370. The van der Waals surface area contributed by atoms with Gasteiger partial charge in [0, 0.05) is 44.2 Å². The largest absolute Gasteiger partial charge is 0.381 e. The lowest BCUT2D eigenvalue weighted by molar-refractivity contribution is 0.00368. The third-order valence-corrected chi connectivity index (χ3v) is 5.51. The van der Waals surface area contributed by atoms with Crippen molar-refractivity contribution in [2.24, 2.45) is 16.3 Å². The summed E-state index contributed by atoms with van der Waals surface area (Å²) < 4.78 is 11.2. The van der Waals surface area contributed by atoms with Crippen molar-refractivity contribution in [1.29, 1.82) is 0 Å². The molecule has 2 rings (SSSR count). The molecule has 6 heteroatoms. The predicted molar refractivity (Wildman–Crippen MR) is 112 cm³/mol. The van der Waals surface area contributed by atoms with E-state index in [4.69, 9.17) is 14.5 Å². The number of ether oxygens (including phenoxy) is 2. The fourth-order valence-electron chi connectivity index (χ4n) is 3.79. The van der Waals surface area contributed by atoms with Crippen molar-refractivity contribution in [1.82, 2.24) is 15.5 Å². The molecule has 158 valence electrons. The van der Waals surface area contributed by atoms with Crippen molar-refractivity contribution in [3.63, 3.8) is 0 Å². The second-order valence-electron chi connectivity index (χ2n) is 9.20. The van der Waals surface area contributed by atoms with Crippen LogP contribution in [0.5, 0.6) is 0 Å². The molecule has 0 aliphatic carbocycles. The van der Waals surface area contributed by atoms with Crippen molar-refractivity contribution in [2.45, 2.75) is 66.0 Å². The van der Waals surface area contributed by atoms with Gasteiger partial charge in [-0.05, 0) is 38.5 Å². The zero-order chi connectivity index (χ0) is 19.7. The highest BCUT2D eigenvalue weighted by Gasteiger charge is 2.31. The Hall–Kier alpha value is -0.850. The van der Waals surface area contributed by atoms with E-state index in [0.29, 0.717) is 23.4 Å². The van der Waals surface area contributed by atoms with Crippen molar-refractivity contribution in [3.05, 3.63) is 0 Å². The maximum Gasteiger partial charge on any atom is 0.191 e. The molecule has 0 aromatic rings. The van der Waals surface area contributed by atoms with Crippen LogP contribution < -0.4 is 10.6 Å². The molecule has 27 heavy (non-hydrogen) atoms. The van der Waals surface area contributed by atoms with Crippen molar-refractivity contribution >= 4 is 5.96 Å². The molecule has 0 spiro atoms. The zero-order valence-corrected chi connectivity index (χ0v) is 18.2. The monoisotopic (exact) mass is 382 g/mol. The molecular formula is C21H42N4O2. The summed E-state index contributed by atoms with van der Waals surface area (Å²) in [6, 6.07) is 0.857. The Morgan fingerprint density at radius 1 is 1.19 bits per heavy atom. The fourth-order valence-corrected chi connectivity index (χ4v) is 3.79. The van der Waals surface area contributed by atoms with Crippen molar-refractivity contribution < 1.29 is 9.47 Å². The van der Waals surface area contributed by atoms with Gasteiger partial charge in [-0.1, -0.05) is 20.8 Å². The zero-order valence-electron chi connectivity index (χ0n) is 18.2. The molecular weight excluding hydrogens is 340 g/mol. The fraction of sp³-hybridized carbons (Fsp3) is 0.952. The van der Waals surface area contributed by atoms with Gasteiger partial charge in [-0.25, -0.2) is 0 Å². The number of nitrogens with zero attached hydrogens (tertiary/aromatic N) is 2. The van der Waals surface area contributed by atoms with E-state index in [1.54, 1.807) is 0 Å². The topological polar surface area (TPSA) is 58.1 Å². The highest BCUT2D eigenvalue weighted by Crippen LogP contribution is 2.23. The molecule has 3 unspecified atom stereocenters. The van der Waals surface area contributed by atoms with Gasteiger partial charge in [0.25, 0.3) is 0 Å². The first-order chi connectivity index (χ1) is 12.9. The van der Waals surface area contributed by atoms with Crippen LogP contribution in [-0.2, 0) is 9.47 Å². The van der Waals surface area contributed by atoms with Crippen LogP contribution in [0.1, 0.15) is 53.9 Å². The van der Waals surface area contributed by atoms with Crippen LogP contribution in [0.3, 0.4) is 0 Å². The summed E-state index contributed by atoms with van der Waals surface area (Å²) in [5.74, 6) is 1.52. The summed E-state index contributed by atoms with van der Waals surface area (Å²) in [5.41, 5.74) is 0.370.